The number of piperidine rings is 1. The summed E-state index contributed by atoms with van der Waals surface area (Å²) in [5.74, 6) is 1.92. The normalized spacial score (nSPS) is 26.8. The number of unbranched alkanes of at least 4 members (excludes halogenated alkanes) is 5. The van der Waals surface area contributed by atoms with E-state index in [1.807, 2.05) is 0 Å². The summed E-state index contributed by atoms with van der Waals surface area (Å²) in [7, 11) is 0. The van der Waals surface area contributed by atoms with Gasteiger partial charge >= 0.3 is 0 Å². The summed E-state index contributed by atoms with van der Waals surface area (Å²) in [6, 6.07) is 0. The predicted octanol–water partition coefficient (Wildman–Crippen LogP) is 3.98. The molecular formula is C14H29N. The highest BCUT2D eigenvalue weighted by Gasteiger charge is 2.19. The van der Waals surface area contributed by atoms with Crippen molar-refractivity contribution in [3.05, 3.63) is 0 Å². The third-order valence-electron chi connectivity index (χ3n) is 3.92. The smallest absolute Gasteiger partial charge is 0.00180 e. The fourth-order valence-corrected chi connectivity index (χ4v) is 2.63. The van der Waals surface area contributed by atoms with Crippen molar-refractivity contribution in [1.82, 2.24) is 5.32 Å². The second-order valence-electron chi connectivity index (χ2n) is 5.29. The van der Waals surface area contributed by atoms with Crippen LogP contribution in [0.25, 0.3) is 0 Å². The first-order valence-corrected chi connectivity index (χ1v) is 7.05. The highest BCUT2D eigenvalue weighted by molar-refractivity contribution is 4.74. The molecule has 1 saturated heterocycles. The molecule has 15 heavy (non-hydrogen) atoms. The van der Waals surface area contributed by atoms with Crippen molar-refractivity contribution < 1.29 is 0 Å². The summed E-state index contributed by atoms with van der Waals surface area (Å²) in [6.45, 7) is 7.24. The van der Waals surface area contributed by atoms with Gasteiger partial charge in [-0.1, -0.05) is 52.4 Å². The maximum Gasteiger partial charge on any atom is -0.00180 e. The second-order valence-corrected chi connectivity index (χ2v) is 5.29. The van der Waals surface area contributed by atoms with E-state index in [0.717, 1.165) is 11.8 Å². The van der Waals surface area contributed by atoms with Gasteiger partial charge in [-0.05, 0) is 37.8 Å². The minimum atomic E-state index is 0.960. The molecule has 1 N–H and O–H groups in total. The maximum atomic E-state index is 3.53. The molecule has 2 unspecified atom stereocenters. The Labute approximate surface area is 96.0 Å². The van der Waals surface area contributed by atoms with Gasteiger partial charge in [-0.3, -0.25) is 0 Å². The third kappa shape index (κ3) is 5.55. The van der Waals surface area contributed by atoms with Crippen molar-refractivity contribution in [2.45, 2.75) is 65.2 Å². The maximum absolute atomic E-state index is 3.53. The summed E-state index contributed by atoms with van der Waals surface area (Å²) in [5, 5.41) is 3.53. The third-order valence-corrected chi connectivity index (χ3v) is 3.92. The summed E-state index contributed by atoms with van der Waals surface area (Å²) in [4.78, 5) is 0. The Morgan fingerprint density at radius 1 is 1.07 bits per heavy atom. The molecule has 1 aliphatic rings. The van der Waals surface area contributed by atoms with Gasteiger partial charge in [-0.2, -0.15) is 0 Å². The SMILES string of the molecule is CCCCCCCCC1CNCCC1C. The van der Waals surface area contributed by atoms with Crippen LogP contribution in [0.4, 0.5) is 0 Å². The summed E-state index contributed by atoms with van der Waals surface area (Å²) >= 11 is 0. The van der Waals surface area contributed by atoms with Crippen molar-refractivity contribution in [2.24, 2.45) is 11.8 Å². The monoisotopic (exact) mass is 211 g/mol. The molecule has 2 atom stereocenters. The lowest BCUT2D eigenvalue weighted by Crippen LogP contribution is -2.35. The standard InChI is InChI=1S/C14H29N/c1-3-4-5-6-7-8-9-14-12-15-11-10-13(14)2/h13-15H,3-12H2,1-2H3. The molecule has 0 saturated carbocycles. The van der Waals surface area contributed by atoms with Crippen LogP contribution in [-0.4, -0.2) is 13.1 Å². The first-order valence-electron chi connectivity index (χ1n) is 7.05. The largest absolute Gasteiger partial charge is 0.316 e. The predicted molar refractivity (Wildman–Crippen MR) is 68.1 cm³/mol. The van der Waals surface area contributed by atoms with E-state index in [-0.39, 0.29) is 0 Å². The zero-order valence-corrected chi connectivity index (χ0v) is 10.7. The Morgan fingerprint density at radius 3 is 2.53 bits per heavy atom. The molecule has 1 heterocycles. The van der Waals surface area contributed by atoms with Gasteiger partial charge < -0.3 is 5.32 Å². The molecule has 1 heteroatoms. The zero-order chi connectivity index (χ0) is 10.9. The lowest BCUT2D eigenvalue weighted by atomic mass is 9.84. The van der Waals surface area contributed by atoms with Crippen molar-refractivity contribution in [1.29, 1.82) is 0 Å². The van der Waals surface area contributed by atoms with Crippen LogP contribution in [0.5, 0.6) is 0 Å². The fraction of sp³-hybridized carbons (Fsp3) is 1.00. The minimum Gasteiger partial charge on any atom is -0.316 e. The first kappa shape index (κ1) is 13.0. The van der Waals surface area contributed by atoms with Crippen molar-refractivity contribution in [2.75, 3.05) is 13.1 Å². The minimum absolute atomic E-state index is 0.960. The van der Waals surface area contributed by atoms with Crippen LogP contribution in [0, 0.1) is 11.8 Å². The van der Waals surface area contributed by atoms with Gasteiger partial charge in [-0.15, -0.1) is 0 Å². The van der Waals surface area contributed by atoms with E-state index in [9.17, 15) is 0 Å². The second kappa shape index (κ2) is 8.15. The molecule has 0 aromatic heterocycles. The lowest BCUT2D eigenvalue weighted by molar-refractivity contribution is 0.253. The van der Waals surface area contributed by atoms with Gasteiger partial charge in [0.25, 0.3) is 0 Å². The number of nitrogens with one attached hydrogen (secondary N) is 1. The van der Waals surface area contributed by atoms with Crippen molar-refractivity contribution >= 4 is 0 Å². The van der Waals surface area contributed by atoms with Crippen molar-refractivity contribution in [3.8, 4) is 0 Å². The number of hydrogen-bond acceptors (Lipinski definition) is 1. The molecule has 0 radical (unpaired) electrons. The Hall–Kier alpha value is -0.0400. The number of rotatable bonds is 7. The van der Waals surface area contributed by atoms with Crippen LogP contribution in [0.15, 0.2) is 0 Å². The van der Waals surface area contributed by atoms with Gasteiger partial charge in [-0.25, -0.2) is 0 Å². The van der Waals surface area contributed by atoms with Crippen molar-refractivity contribution in [3.63, 3.8) is 0 Å². The Morgan fingerprint density at radius 2 is 1.80 bits per heavy atom. The van der Waals surface area contributed by atoms with E-state index >= 15 is 0 Å². The molecule has 0 spiro atoms. The Bertz CT molecular complexity index is 144. The van der Waals surface area contributed by atoms with E-state index in [1.165, 1.54) is 64.5 Å². The van der Waals surface area contributed by atoms with E-state index < -0.39 is 0 Å². The zero-order valence-electron chi connectivity index (χ0n) is 10.7. The van der Waals surface area contributed by atoms with Gasteiger partial charge in [0, 0.05) is 0 Å². The quantitative estimate of drug-likeness (QED) is 0.628. The van der Waals surface area contributed by atoms with E-state index in [0.29, 0.717) is 0 Å². The molecule has 0 bridgehead atoms. The summed E-state index contributed by atoms with van der Waals surface area (Å²) in [6.07, 6.45) is 11.5. The Balaban J connectivity index is 1.94. The molecule has 0 aromatic rings. The molecule has 90 valence electrons. The van der Waals surface area contributed by atoms with Crippen LogP contribution in [0.1, 0.15) is 65.2 Å². The number of hydrogen-bond donors (Lipinski definition) is 1. The average Bonchev–Trinajstić information content (AvgIpc) is 2.25. The van der Waals surface area contributed by atoms with Gasteiger partial charge in [0.05, 0.1) is 0 Å². The van der Waals surface area contributed by atoms with Crippen LogP contribution in [0.3, 0.4) is 0 Å². The highest BCUT2D eigenvalue weighted by Crippen LogP contribution is 2.24. The molecule has 1 aliphatic heterocycles. The summed E-state index contributed by atoms with van der Waals surface area (Å²) in [5.41, 5.74) is 0. The van der Waals surface area contributed by atoms with E-state index in [1.54, 1.807) is 0 Å². The van der Waals surface area contributed by atoms with Crippen LogP contribution < -0.4 is 5.32 Å². The molecule has 1 rings (SSSR count). The first-order chi connectivity index (χ1) is 7.34. The fourth-order valence-electron chi connectivity index (χ4n) is 2.63. The van der Waals surface area contributed by atoms with Crippen LogP contribution >= 0.6 is 0 Å². The molecular weight excluding hydrogens is 182 g/mol. The molecule has 1 fully saturated rings. The molecule has 1 nitrogen and oxygen atoms in total. The molecule has 0 aliphatic carbocycles. The van der Waals surface area contributed by atoms with Crippen LogP contribution in [0.2, 0.25) is 0 Å². The van der Waals surface area contributed by atoms with E-state index in [2.05, 4.69) is 19.2 Å². The molecule has 0 amide bonds. The highest BCUT2D eigenvalue weighted by atomic mass is 14.9. The topological polar surface area (TPSA) is 12.0 Å². The Kier molecular flexibility index (Phi) is 7.08. The molecule has 0 aromatic carbocycles. The lowest BCUT2D eigenvalue weighted by Gasteiger charge is -2.29. The van der Waals surface area contributed by atoms with Crippen LogP contribution in [-0.2, 0) is 0 Å². The van der Waals surface area contributed by atoms with Gasteiger partial charge in [0.1, 0.15) is 0 Å². The van der Waals surface area contributed by atoms with E-state index in [4.69, 9.17) is 0 Å². The van der Waals surface area contributed by atoms with Gasteiger partial charge in [0.2, 0.25) is 0 Å². The average molecular weight is 211 g/mol. The van der Waals surface area contributed by atoms with Gasteiger partial charge in [0.15, 0.2) is 0 Å². The summed E-state index contributed by atoms with van der Waals surface area (Å²) < 4.78 is 0.